The predicted molar refractivity (Wildman–Crippen MR) is 79.1 cm³/mol. The predicted octanol–water partition coefficient (Wildman–Crippen LogP) is 2.58. The lowest BCUT2D eigenvalue weighted by Crippen LogP contribution is -2.25. The zero-order valence-corrected chi connectivity index (χ0v) is 12.2. The van der Waals surface area contributed by atoms with Gasteiger partial charge in [-0.3, -0.25) is 9.20 Å². The van der Waals surface area contributed by atoms with Crippen molar-refractivity contribution in [2.45, 2.75) is 18.9 Å². The average Bonchev–Trinajstić information content (AvgIpc) is 2.81. The van der Waals surface area contributed by atoms with Crippen molar-refractivity contribution >= 4 is 23.7 Å². The van der Waals surface area contributed by atoms with E-state index in [1.807, 2.05) is 28.8 Å². The molecule has 0 aliphatic heterocycles. The van der Waals surface area contributed by atoms with Crippen LogP contribution in [-0.4, -0.2) is 46.0 Å². The highest BCUT2D eigenvalue weighted by Crippen LogP contribution is 2.22. The molecule has 0 aromatic carbocycles. The molecule has 2 aromatic heterocycles. The first-order valence-corrected chi connectivity index (χ1v) is 7.56. The van der Waals surface area contributed by atoms with Crippen LogP contribution < -0.4 is 0 Å². The first-order chi connectivity index (χ1) is 9.30. The second-order valence-electron chi connectivity index (χ2n) is 4.22. The molecule has 0 aliphatic carbocycles. The number of aromatic nitrogens is 2. The van der Waals surface area contributed by atoms with Crippen LogP contribution in [0.25, 0.3) is 5.65 Å². The average molecular weight is 277 g/mol. The number of thioether (sulfide) groups is 1. The van der Waals surface area contributed by atoms with Crippen molar-refractivity contribution in [1.29, 1.82) is 0 Å². The minimum Gasteiger partial charge on any atom is -0.303 e. The maximum Gasteiger partial charge on any atom is 0.169 e. The monoisotopic (exact) mass is 277 g/mol. The van der Waals surface area contributed by atoms with Crippen LogP contribution in [0.1, 0.15) is 24.3 Å². The van der Waals surface area contributed by atoms with Crippen LogP contribution in [0.15, 0.2) is 29.4 Å². The lowest BCUT2D eigenvalue weighted by molar-refractivity contribution is 0.111. The number of nitrogens with zero attached hydrogens (tertiary/aromatic N) is 3. The van der Waals surface area contributed by atoms with E-state index in [1.165, 1.54) is 0 Å². The SMILES string of the molecule is CCN(CC)CCSc1nc2ccccn2c1C=O. The third-order valence-corrected chi connectivity index (χ3v) is 4.15. The zero-order chi connectivity index (χ0) is 13.7. The summed E-state index contributed by atoms with van der Waals surface area (Å²) in [5.74, 6) is 0.951. The van der Waals surface area contributed by atoms with E-state index in [4.69, 9.17) is 0 Å². The van der Waals surface area contributed by atoms with Crippen molar-refractivity contribution in [1.82, 2.24) is 14.3 Å². The lowest BCUT2D eigenvalue weighted by atomic mass is 10.4. The summed E-state index contributed by atoms with van der Waals surface area (Å²) in [6.07, 6.45) is 2.76. The first-order valence-electron chi connectivity index (χ1n) is 6.57. The highest BCUT2D eigenvalue weighted by atomic mass is 32.2. The number of imidazole rings is 1. The topological polar surface area (TPSA) is 37.6 Å². The Morgan fingerprint density at radius 2 is 2.16 bits per heavy atom. The van der Waals surface area contributed by atoms with E-state index in [0.717, 1.165) is 42.3 Å². The highest BCUT2D eigenvalue weighted by molar-refractivity contribution is 7.99. The molecule has 0 saturated carbocycles. The summed E-state index contributed by atoms with van der Waals surface area (Å²) >= 11 is 1.65. The molecule has 2 aromatic rings. The Kier molecular flexibility index (Phi) is 4.99. The van der Waals surface area contributed by atoms with Crippen LogP contribution in [0.4, 0.5) is 0 Å². The molecule has 0 unspecified atom stereocenters. The zero-order valence-electron chi connectivity index (χ0n) is 11.4. The van der Waals surface area contributed by atoms with Gasteiger partial charge in [-0.15, -0.1) is 11.8 Å². The summed E-state index contributed by atoms with van der Waals surface area (Å²) in [5.41, 5.74) is 1.48. The van der Waals surface area contributed by atoms with Crippen LogP contribution in [0, 0.1) is 0 Å². The van der Waals surface area contributed by atoms with Gasteiger partial charge in [0.1, 0.15) is 16.4 Å². The molecule has 0 saturated heterocycles. The Balaban J connectivity index is 2.10. The summed E-state index contributed by atoms with van der Waals surface area (Å²) < 4.78 is 1.84. The third kappa shape index (κ3) is 3.16. The number of rotatable bonds is 7. The fraction of sp³-hybridized carbons (Fsp3) is 0.429. The third-order valence-electron chi connectivity index (χ3n) is 3.19. The number of fused-ring (bicyclic) bond motifs is 1. The molecule has 2 heterocycles. The molecule has 0 atom stereocenters. The molecule has 102 valence electrons. The van der Waals surface area contributed by atoms with Crippen LogP contribution in [0.5, 0.6) is 0 Å². The van der Waals surface area contributed by atoms with Gasteiger partial charge in [0, 0.05) is 18.5 Å². The molecule has 0 spiro atoms. The van der Waals surface area contributed by atoms with Crippen molar-refractivity contribution in [3.05, 3.63) is 30.1 Å². The Labute approximate surface area is 117 Å². The van der Waals surface area contributed by atoms with Gasteiger partial charge in [-0.05, 0) is 25.2 Å². The molecule has 0 fully saturated rings. The van der Waals surface area contributed by atoms with Gasteiger partial charge in [0.2, 0.25) is 0 Å². The van der Waals surface area contributed by atoms with Gasteiger partial charge in [0.15, 0.2) is 6.29 Å². The van der Waals surface area contributed by atoms with E-state index in [0.29, 0.717) is 5.69 Å². The van der Waals surface area contributed by atoms with E-state index < -0.39 is 0 Å². The van der Waals surface area contributed by atoms with E-state index in [-0.39, 0.29) is 0 Å². The molecular weight excluding hydrogens is 258 g/mol. The minimum atomic E-state index is 0.653. The molecule has 5 heteroatoms. The Bertz CT molecular complexity index is 549. The first kappa shape index (κ1) is 14.1. The van der Waals surface area contributed by atoms with E-state index in [1.54, 1.807) is 11.8 Å². The second-order valence-corrected chi connectivity index (χ2v) is 5.31. The van der Waals surface area contributed by atoms with Crippen molar-refractivity contribution in [2.24, 2.45) is 0 Å². The maximum absolute atomic E-state index is 11.2. The molecule has 0 aliphatic rings. The smallest absolute Gasteiger partial charge is 0.169 e. The van der Waals surface area contributed by atoms with Crippen molar-refractivity contribution in [2.75, 3.05) is 25.4 Å². The quantitative estimate of drug-likeness (QED) is 0.576. The van der Waals surface area contributed by atoms with Gasteiger partial charge >= 0.3 is 0 Å². The summed E-state index contributed by atoms with van der Waals surface area (Å²) in [6, 6.07) is 5.76. The summed E-state index contributed by atoms with van der Waals surface area (Å²) in [4.78, 5) is 18.1. The number of pyridine rings is 1. The Morgan fingerprint density at radius 1 is 1.37 bits per heavy atom. The molecular formula is C14H19N3OS. The fourth-order valence-electron chi connectivity index (χ4n) is 2.02. The normalized spacial score (nSPS) is 11.3. The maximum atomic E-state index is 11.2. The Hall–Kier alpha value is -1.33. The standard InChI is InChI=1S/C14H19N3OS/c1-3-16(4-2)9-10-19-14-12(11-18)17-8-6-5-7-13(17)15-14/h5-8,11H,3-4,9-10H2,1-2H3. The Morgan fingerprint density at radius 3 is 2.84 bits per heavy atom. The van der Waals surface area contributed by atoms with Crippen molar-refractivity contribution in [3.8, 4) is 0 Å². The van der Waals surface area contributed by atoms with Crippen LogP contribution >= 0.6 is 11.8 Å². The molecule has 2 rings (SSSR count). The van der Waals surface area contributed by atoms with Gasteiger partial charge in [-0.2, -0.15) is 0 Å². The summed E-state index contributed by atoms with van der Waals surface area (Å²) in [5, 5.41) is 0.827. The number of hydrogen-bond donors (Lipinski definition) is 0. The van der Waals surface area contributed by atoms with Crippen molar-refractivity contribution in [3.63, 3.8) is 0 Å². The van der Waals surface area contributed by atoms with Gasteiger partial charge < -0.3 is 4.90 Å². The molecule has 0 amide bonds. The highest BCUT2D eigenvalue weighted by Gasteiger charge is 2.11. The van der Waals surface area contributed by atoms with Crippen LogP contribution in [-0.2, 0) is 0 Å². The van der Waals surface area contributed by atoms with Gasteiger partial charge in [0.05, 0.1) is 0 Å². The number of aldehydes is 1. The van der Waals surface area contributed by atoms with Gasteiger partial charge in [-0.1, -0.05) is 19.9 Å². The summed E-state index contributed by atoms with van der Waals surface area (Å²) in [7, 11) is 0. The van der Waals surface area contributed by atoms with E-state index in [9.17, 15) is 4.79 Å². The van der Waals surface area contributed by atoms with Gasteiger partial charge in [0.25, 0.3) is 0 Å². The van der Waals surface area contributed by atoms with Crippen LogP contribution in [0.2, 0.25) is 0 Å². The van der Waals surface area contributed by atoms with E-state index in [2.05, 4.69) is 23.7 Å². The molecule has 0 bridgehead atoms. The molecule has 0 N–H and O–H groups in total. The summed E-state index contributed by atoms with van der Waals surface area (Å²) in [6.45, 7) is 7.46. The van der Waals surface area contributed by atoms with Gasteiger partial charge in [-0.25, -0.2) is 4.98 Å². The molecule has 0 radical (unpaired) electrons. The minimum absolute atomic E-state index is 0.653. The fourth-order valence-corrected chi connectivity index (χ4v) is 3.01. The largest absolute Gasteiger partial charge is 0.303 e. The number of carbonyl (C=O) groups is 1. The lowest BCUT2D eigenvalue weighted by Gasteiger charge is -2.16. The van der Waals surface area contributed by atoms with Crippen molar-refractivity contribution < 1.29 is 4.79 Å². The molecule has 4 nitrogen and oxygen atoms in total. The number of hydrogen-bond acceptors (Lipinski definition) is 4. The van der Waals surface area contributed by atoms with Crippen LogP contribution in [0.3, 0.4) is 0 Å². The molecule has 19 heavy (non-hydrogen) atoms. The second kappa shape index (κ2) is 6.73. The van der Waals surface area contributed by atoms with E-state index >= 15 is 0 Å². The number of carbonyl (C=O) groups excluding carboxylic acids is 1.